The Morgan fingerprint density at radius 2 is 1.97 bits per heavy atom. The van der Waals surface area contributed by atoms with Gasteiger partial charge in [-0.1, -0.05) is 47.3 Å². The molecule has 12 heteroatoms. The number of carbonyl (C=O) groups is 1. The molecule has 180 valence electrons. The maximum atomic E-state index is 12.7. The van der Waals surface area contributed by atoms with Gasteiger partial charge in [0, 0.05) is 23.6 Å². The molecule has 0 bridgehead atoms. The molecule has 1 amide bonds. The van der Waals surface area contributed by atoms with E-state index in [1.165, 1.54) is 5.56 Å². The number of carbonyl (C=O) groups excluding carboxylic acids is 1. The number of aromatic nitrogens is 5. The lowest BCUT2D eigenvalue weighted by Gasteiger charge is -2.12. The van der Waals surface area contributed by atoms with Crippen LogP contribution in [-0.4, -0.2) is 48.8 Å². The number of primary amides is 1. The number of thioether (sulfide) groups is 1. The van der Waals surface area contributed by atoms with E-state index in [4.69, 9.17) is 5.73 Å². The van der Waals surface area contributed by atoms with E-state index in [9.17, 15) is 18.0 Å². The molecule has 34 heavy (non-hydrogen) atoms. The third kappa shape index (κ3) is 4.96. The number of fused-ring (bicyclic) bond motifs is 1. The Bertz CT molecular complexity index is 1190. The van der Waals surface area contributed by atoms with Crippen LogP contribution in [0, 0.1) is 5.92 Å². The monoisotopic (exact) mass is 491 g/mol. The van der Waals surface area contributed by atoms with Crippen molar-refractivity contribution in [1.82, 2.24) is 25.0 Å². The van der Waals surface area contributed by atoms with Gasteiger partial charge in [0.15, 0.2) is 22.1 Å². The summed E-state index contributed by atoms with van der Waals surface area (Å²) in [5.41, 5.74) is 7.62. The Balaban J connectivity index is 1.42. The molecule has 1 aromatic carbocycles. The summed E-state index contributed by atoms with van der Waals surface area (Å²) in [7, 11) is 0. The molecule has 5 rings (SSSR count). The standard InChI is InChI=1S/C22H24F3N7OS/c23-22(24,25)8-9-34-21-28-19(27-16-11-15(16)12-4-2-1-3-5-12)17-20(29-21)32(31-30-17)14-7-6-13(10-14)18(26)33/h1-5,13-16H,6-11H2,(H2,26,33)(H,27,28,29). The van der Waals surface area contributed by atoms with Crippen LogP contribution in [-0.2, 0) is 4.79 Å². The Hall–Kier alpha value is -2.89. The van der Waals surface area contributed by atoms with Gasteiger partial charge in [0.1, 0.15) is 0 Å². The molecule has 0 aliphatic heterocycles. The number of hydrogen-bond acceptors (Lipinski definition) is 7. The van der Waals surface area contributed by atoms with Crippen molar-refractivity contribution >= 4 is 34.7 Å². The van der Waals surface area contributed by atoms with Crippen LogP contribution in [0.25, 0.3) is 11.2 Å². The molecule has 2 aromatic heterocycles. The Morgan fingerprint density at radius 1 is 1.18 bits per heavy atom. The number of amides is 1. The van der Waals surface area contributed by atoms with Gasteiger partial charge in [-0.05, 0) is 31.2 Å². The summed E-state index contributed by atoms with van der Waals surface area (Å²) in [6.45, 7) is 0. The largest absolute Gasteiger partial charge is 0.389 e. The van der Waals surface area contributed by atoms with E-state index in [0.717, 1.165) is 18.2 Å². The fraction of sp³-hybridized carbons (Fsp3) is 0.500. The van der Waals surface area contributed by atoms with E-state index in [0.29, 0.717) is 42.2 Å². The zero-order valence-corrected chi connectivity index (χ0v) is 19.0. The van der Waals surface area contributed by atoms with Gasteiger partial charge in [0.05, 0.1) is 12.5 Å². The fourth-order valence-corrected chi connectivity index (χ4v) is 5.34. The van der Waals surface area contributed by atoms with E-state index < -0.39 is 12.6 Å². The average Bonchev–Trinajstić information content (AvgIpc) is 3.18. The van der Waals surface area contributed by atoms with Gasteiger partial charge in [-0.25, -0.2) is 14.6 Å². The van der Waals surface area contributed by atoms with Crippen molar-refractivity contribution < 1.29 is 18.0 Å². The van der Waals surface area contributed by atoms with E-state index in [-0.39, 0.29) is 34.8 Å². The molecule has 2 aliphatic rings. The topological polar surface area (TPSA) is 112 Å². The number of hydrogen-bond donors (Lipinski definition) is 2. The highest BCUT2D eigenvalue weighted by Crippen LogP contribution is 2.43. The van der Waals surface area contributed by atoms with Gasteiger partial charge in [0.2, 0.25) is 5.91 Å². The zero-order valence-electron chi connectivity index (χ0n) is 18.2. The van der Waals surface area contributed by atoms with Crippen LogP contribution < -0.4 is 11.1 Å². The van der Waals surface area contributed by atoms with E-state index in [2.05, 4.69) is 37.7 Å². The molecule has 4 unspecified atom stereocenters. The maximum Gasteiger partial charge on any atom is 0.389 e. The molecule has 3 aromatic rings. The molecule has 2 fully saturated rings. The van der Waals surface area contributed by atoms with Gasteiger partial charge in [0.25, 0.3) is 0 Å². The molecule has 0 radical (unpaired) electrons. The first-order valence-corrected chi connectivity index (χ1v) is 12.2. The van der Waals surface area contributed by atoms with Crippen molar-refractivity contribution in [3.63, 3.8) is 0 Å². The van der Waals surface area contributed by atoms with E-state index in [1.807, 2.05) is 18.2 Å². The van der Waals surface area contributed by atoms with Crippen molar-refractivity contribution in [2.75, 3.05) is 11.1 Å². The lowest BCUT2D eigenvalue weighted by molar-refractivity contribution is -0.129. The van der Waals surface area contributed by atoms with Crippen LogP contribution in [0.2, 0.25) is 0 Å². The van der Waals surface area contributed by atoms with Crippen LogP contribution in [0.3, 0.4) is 0 Å². The SMILES string of the molecule is NC(=O)C1CCC(n2nnc3c(NC4CC4c4ccccc4)nc(SCCC(F)(F)F)nc32)C1. The number of nitrogens with two attached hydrogens (primary N) is 1. The van der Waals surface area contributed by atoms with Crippen LogP contribution in [0.4, 0.5) is 19.0 Å². The first kappa shape index (κ1) is 22.9. The molecule has 3 N–H and O–H groups in total. The minimum atomic E-state index is -4.24. The number of rotatable bonds is 8. The molecular weight excluding hydrogens is 467 g/mol. The summed E-state index contributed by atoms with van der Waals surface area (Å²) in [6.07, 6.45) is -2.36. The van der Waals surface area contributed by atoms with Crippen LogP contribution in [0.5, 0.6) is 0 Å². The number of nitrogens with one attached hydrogen (secondary N) is 1. The summed E-state index contributed by atoms with van der Waals surface area (Å²) in [5.74, 6) is 0.0435. The zero-order chi connectivity index (χ0) is 23.9. The summed E-state index contributed by atoms with van der Waals surface area (Å²) in [5, 5.41) is 12.2. The van der Waals surface area contributed by atoms with E-state index in [1.54, 1.807) is 4.68 Å². The van der Waals surface area contributed by atoms with Crippen molar-refractivity contribution in [1.29, 1.82) is 0 Å². The highest BCUT2D eigenvalue weighted by molar-refractivity contribution is 7.99. The highest BCUT2D eigenvalue weighted by atomic mass is 32.2. The highest BCUT2D eigenvalue weighted by Gasteiger charge is 2.39. The molecule has 2 saturated carbocycles. The second-order valence-corrected chi connectivity index (χ2v) is 9.91. The van der Waals surface area contributed by atoms with Crippen LogP contribution in [0.1, 0.15) is 49.6 Å². The first-order valence-electron chi connectivity index (χ1n) is 11.2. The van der Waals surface area contributed by atoms with Crippen molar-refractivity contribution in [3.05, 3.63) is 35.9 Å². The van der Waals surface area contributed by atoms with Crippen LogP contribution in [0.15, 0.2) is 35.5 Å². The summed E-state index contributed by atoms with van der Waals surface area (Å²) in [4.78, 5) is 20.6. The first-order chi connectivity index (χ1) is 16.3. The number of alkyl halides is 3. The maximum absolute atomic E-state index is 12.7. The summed E-state index contributed by atoms with van der Waals surface area (Å²) >= 11 is 0.956. The molecule has 2 heterocycles. The minimum absolute atomic E-state index is 0.101. The van der Waals surface area contributed by atoms with Crippen LogP contribution >= 0.6 is 11.8 Å². The lowest BCUT2D eigenvalue weighted by Crippen LogP contribution is -2.21. The van der Waals surface area contributed by atoms with Gasteiger partial charge >= 0.3 is 6.18 Å². The second kappa shape index (κ2) is 9.05. The third-order valence-corrected chi connectivity index (χ3v) is 7.26. The molecule has 8 nitrogen and oxygen atoms in total. The Labute approximate surface area is 197 Å². The Morgan fingerprint density at radius 3 is 2.68 bits per heavy atom. The molecule has 0 spiro atoms. The Kier molecular flexibility index (Phi) is 6.09. The van der Waals surface area contributed by atoms with Crippen molar-refractivity contribution in [2.45, 2.75) is 61.4 Å². The number of halogens is 3. The quantitative estimate of drug-likeness (QED) is 0.361. The molecule has 2 aliphatic carbocycles. The average molecular weight is 492 g/mol. The second-order valence-electron chi connectivity index (χ2n) is 8.84. The summed E-state index contributed by atoms with van der Waals surface area (Å²) in [6, 6.07) is 10.2. The van der Waals surface area contributed by atoms with Gasteiger partial charge in [-0.3, -0.25) is 4.79 Å². The molecule has 4 atom stereocenters. The van der Waals surface area contributed by atoms with Gasteiger partial charge in [-0.15, -0.1) is 5.10 Å². The molecular formula is C22H24F3N7OS. The fourth-order valence-electron chi connectivity index (χ4n) is 4.52. The van der Waals surface area contributed by atoms with Crippen molar-refractivity contribution in [2.24, 2.45) is 11.7 Å². The third-order valence-electron chi connectivity index (χ3n) is 6.41. The smallest absolute Gasteiger partial charge is 0.369 e. The predicted octanol–water partition coefficient (Wildman–Crippen LogP) is 4.06. The van der Waals surface area contributed by atoms with Gasteiger partial charge < -0.3 is 11.1 Å². The number of nitrogens with zero attached hydrogens (tertiary/aromatic N) is 5. The molecule has 0 saturated heterocycles. The normalized spacial score (nSPS) is 24.4. The minimum Gasteiger partial charge on any atom is -0.369 e. The summed E-state index contributed by atoms with van der Waals surface area (Å²) < 4.78 is 39.7. The predicted molar refractivity (Wildman–Crippen MR) is 121 cm³/mol. The number of anilines is 1. The lowest BCUT2D eigenvalue weighted by atomic mass is 10.1. The number of benzene rings is 1. The van der Waals surface area contributed by atoms with Gasteiger partial charge in [-0.2, -0.15) is 13.2 Å². The van der Waals surface area contributed by atoms with E-state index >= 15 is 0 Å². The van der Waals surface area contributed by atoms with Crippen molar-refractivity contribution in [3.8, 4) is 0 Å².